The third-order valence-electron chi connectivity index (χ3n) is 4.86. The molecule has 1 saturated heterocycles. The summed E-state index contributed by atoms with van der Waals surface area (Å²) >= 11 is 5.78. The Morgan fingerprint density at radius 1 is 1.41 bits per heavy atom. The molecular weight excluding hydrogens is 369 g/mol. The highest BCUT2D eigenvalue weighted by Gasteiger charge is 2.31. The maximum atomic E-state index is 13.3. The van der Waals surface area contributed by atoms with Gasteiger partial charge in [0.1, 0.15) is 17.2 Å². The molecule has 0 spiro atoms. The smallest absolute Gasteiger partial charge is 0.321 e. The highest BCUT2D eigenvalue weighted by Crippen LogP contribution is 2.29. The predicted octanol–water partition coefficient (Wildman–Crippen LogP) is 4.27. The minimum absolute atomic E-state index is 0.0174. The van der Waals surface area contributed by atoms with Crippen LogP contribution in [0.15, 0.2) is 36.5 Å². The number of carbonyl (C=O) groups is 1. The number of benzene rings is 1. The number of hydrogen-bond acceptors (Lipinski definition) is 3. The second-order valence-corrected chi connectivity index (χ2v) is 6.96. The van der Waals surface area contributed by atoms with Gasteiger partial charge in [-0.3, -0.25) is 0 Å². The monoisotopic (exact) mass is 387 g/mol. The number of carbonyl (C=O) groups excluding carboxylic acids is 1. The van der Waals surface area contributed by atoms with Gasteiger partial charge in [0.25, 0.3) is 0 Å². The lowest BCUT2D eigenvalue weighted by molar-refractivity contribution is 0.222. The summed E-state index contributed by atoms with van der Waals surface area (Å²) in [5, 5.41) is 2.76. The summed E-state index contributed by atoms with van der Waals surface area (Å²) in [5.74, 6) is 0.607. The number of hydrogen-bond donors (Lipinski definition) is 1. The van der Waals surface area contributed by atoms with E-state index in [0.29, 0.717) is 18.8 Å². The van der Waals surface area contributed by atoms with Crippen molar-refractivity contribution in [2.24, 2.45) is 0 Å². The van der Waals surface area contributed by atoms with Crippen molar-refractivity contribution in [1.82, 2.24) is 19.4 Å². The van der Waals surface area contributed by atoms with Crippen molar-refractivity contribution < 1.29 is 9.18 Å². The Morgan fingerprint density at radius 2 is 2.26 bits per heavy atom. The molecular formula is C19H19ClFN5O. The first kappa shape index (κ1) is 17.7. The minimum atomic E-state index is -0.511. The van der Waals surface area contributed by atoms with Gasteiger partial charge in [-0.25, -0.2) is 19.2 Å². The van der Waals surface area contributed by atoms with Crippen LogP contribution in [0.4, 0.5) is 14.9 Å². The summed E-state index contributed by atoms with van der Waals surface area (Å²) < 4.78 is 15.4. The van der Waals surface area contributed by atoms with Gasteiger partial charge >= 0.3 is 6.03 Å². The summed E-state index contributed by atoms with van der Waals surface area (Å²) in [6, 6.07) is 7.75. The van der Waals surface area contributed by atoms with Crippen molar-refractivity contribution in [1.29, 1.82) is 0 Å². The van der Waals surface area contributed by atoms with Gasteiger partial charge in [0.2, 0.25) is 0 Å². The number of aryl methyl sites for hydroxylation is 1. The number of likely N-dealkylation sites (tertiary alicyclic amines) is 1. The highest BCUT2D eigenvalue weighted by molar-refractivity contribution is 6.31. The Balaban J connectivity index is 1.50. The first-order valence-corrected chi connectivity index (χ1v) is 9.26. The van der Waals surface area contributed by atoms with Crippen LogP contribution in [-0.4, -0.2) is 38.6 Å². The molecule has 1 fully saturated rings. The molecule has 2 aromatic heterocycles. The van der Waals surface area contributed by atoms with Gasteiger partial charge in [-0.15, -0.1) is 0 Å². The third kappa shape index (κ3) is 3.35. The van der Waals surface area contributed by atoms with E-state index in [1.165, 1.54) is 18.2 Å². The predicted molar refractivity (Wildman–Crippen MR) is 103 cm³/mol. The van der Waals surface area contributed by atoms with Crippen LogP contribution in [0.5, 0.6) is 0 Å². The molecule has 3 heterocycles. The number of urea groups is 1. The Labute approximate surface area is 161 Å². The van der Waals surface area contributed by atoms with Gasteiger partial charge in [0.05, 0.1) is 5.02 Å². The van der Waals surface area contributed by atoms with Crippen molar-refractivity contribution in [3.05, 3.63) is 53.2 Å². The van der Waals surface area contributed by atoms with Gasteiger partial charge in [0, 0.05) is 37.4 Å². The molecule has 3 aromatic rings. The molecule has 0 unspecified atom stereocenters. The number of nitrogens with zero attached hydrogens (tertiary/aromatic N) is 4. The molecule has 1 atom stereocenters. The summed E-state index contributed by atoms with van der Waals surface area (Å²) in [4.78, 5) is 23.5. The number of imidazole rings is 1. The largest absolute Gasteiger partial charge is 0.324 e. The Hall–Kier alpha value is -2.67. The minimum Gasteiger partial charge on any atom is -0.324 e. The van der Waals surface area contributed by atoms with Gasteiger partial charge < -0.3 is 14.8 Å². The first-order valence-electron chi connectivity index (χ1n) is 8.89. The fourth-order valence-electron chi connectivity index (χ4n) is 3.53. The maximum Gasteiger partial charge on any atom is 0.321 e. The van der Waals surface area contributed by atoms with Crippen LogP contribution in [-0.2, 0) is 6.54 Å². The summed E-state index contributed by atoms with van der Waals surface area (Å²) in [6.45, 7) is 4.05. The number of nitrogens with one attached hydrogen (secondary N) is 1. The molecule has 1 aromatic carbocycles. The van der Waals surface area contributed by atoms with Gasteiger partial charge in [-0.05, 0) is 43.7 Å². The number of rotatable bonds is 3. The van der Waals surface area contributed by atoms with E-state index >= 15 is 0 Å². The molecule has 0 aliphatic carbocycles. The Bertz CT molecular complexity index is 1000. The van der Waals surface area contributed by atoms with Gasteiger partial charge in [0.15, 0.2) is 5.65 Å². The van der Waals surface area contributed by atoms with Gasteiger partial charge in [-0.2, -0.15) is 0 Å². The van der Waals surface area contributed by atoms with Crippen LogP contribution in [0.25, 0.3) is 11.2 Å². The van der Waals surface area contributed by atoms with Gasteiger partial charge in [-0.1, -0.05) is 11.6 Å². The fourth-order valence-corrected chi connectivity index (χ4v) is 3.71. The lowest BCUT2D eigenvalue weighted by Crippen LogP contribution is -2.33. The number of anilines is 1. The second-order valence-electron chi connectivity index (χ2n) is 6.55. The average Bonchev–Trinajstić information content (AvgIpc) is 3.29. The molecule has 0 saturated carbocycles. The zero-order chi connectivity index (χ0) is 19.0. The zero-order valence-electron chi connectivity index (χ0n) is 14.8. The highest BCUT2D eigenvalue weighted by atomic mass is 35.5. The van der Waals surface area contributed by atoms with E-state index in [1.807, 2.05) is 12.1 Å². The van der Waals surface area contributed by atoms with Crippen molar-refractivity contribution in [2.75, 3.05) is 18.4 Å². The fraction of sp³-hybridized carbons (Fsp3) is 0.316. The molecule has 1 aliphatic heterocycles. The van der Waals surface area contributed by atoms with E-state index in [1.54, 1.807) is 11.1 Å². The summed E-state index contributed by atoms with van der Waals surface area (Å²) in [5.41, 5.74) is 2.22. The maximum absolute atomic E-state index is 13.3. The van der Waals surface area contributed by atoms with Crippen LogP contribution < -0.4 is 5.32 Å². The molecule has 0 bridgehead atoms. The molecule has 2 amide bonds. The second kappa shape index (κ2) is 7.15. The van der Waals surface area contributed by atoms with E-state index in [4.69, 9.17) is 16.6 Å². The molecule has 0 radical (unpaired) electrons. The average molecular weight is 388 g/mol. The van der Waals surface area contributed by atoms with Crippen molar-refractivity contribution >= 4 is 34.5 Å². The molecule has 8 heteroatoms. The van der Waals surface area contributed by atoms with E-state index in [9.17, 15) is 9.18 Å². The summed E-state index contributed by atoms with van der Waals surface area (Å²) in [6.07, 6.45) is 2.60. The SMILES string of the molecule is CCn1c([C@@H]2CCN(C(=O)Nc3ccc(F)c(Cl)c3)C2)nc2cccnc21. The van der Waals surface area contributed by atoms with Crippen LogP contribution in [0.2, 0.25) is 5.02 Å². The summed E-state index contributed by atoms with van der Waals surface area (Å²) in [7, 11) is 0. The van der Waals surface area contributed by atoms with Crippen LogP contribution in [0, 0.1) is 5.82 Å². The normalized spacial score (nSPS) is 16.9. The van der Waals surface area contributed by atoms with Crippen molar-refractivity contribution in [2.45, 2.75) is 25.8 Å². The molecule has 140 valence electrons. The number of fused-ring (bicyclic) bond motifs is 1. The van der Waals surface area contributed by atoms with E-state index < -0.39 is 5.82 Å². The number of pyridine rings is 1. The third-order valence-corrected chi connectivity index (χ3v) is 5.15. The lowest BCUT2D eigenvalue weighted by Gasteiger charge is -2.18. The molecule has 6 nitrogen and oxygen atoms in total. The molecule has 1 aliphatic rings. The number of aromatic nitrogens is 3. The Morgan fingerprint density at radius 3 is 3.04 bits per heavy atom. The quantitative estimate of drug-likeness (QED) is 0.730. The molecule has 4 rings (SSSR count). The van der Waals surface area contributed by atoms with Crippen molar-refractivity contribution in [3.8, 4) is 0 Å². The van der Waals surface area contributed by atoms with E-state index in [0.717, 1.165) is 30.0 Å². The first-order chi connectivity index (χ1) is 13.1. The number of amides is 2. The zero-order valence-corrected chi connectivity index (χ0v) is 15.6. The van der Waals surface area contributed by atoms with Crippen LogP contribution in [0.1, 0.15) is 25.1 Å². The molecule has 27 heavy (non-hydrogen) atoms. The standard InChI is InChI=1S/C19H19ClFN5O/c1-2-26-17(24-16-4-3-8-22-18(16)26)12-7-9-25(11-12)19(27)23-13-5-6-15(21)14(20)10-13/h3-6,8,10,12H,2,7,9,11H2,1H3,(H,23,27)/t12-/m1/s1. The van der Waals surface area contributed by atoms with E-state index in [-0.39, 0.29) is 17.0 Å². The lowest BCUT2D eigenvalue weighted by atomic mass is 10.1. The topological polar surface area (TPSA) is 63.1 Å². The van der Waals surface area contributed by atoms with E-state index in [2.05, 4.69) is 21.8 Å². The van der Waals surface area contributed by atoms with Crippen LogP contribution >= 0.6 is 11.6 Å². The van der Waals surface area contributed by atoms with Crippen LogP contribution in [0.3, 0.4) is 0 Å². The Kier molecular flexibility index (Phi) is 4.70. The van der Waals surface area contributed by atoms with Crippen molar-refractivity contribution in [3.63, 3.8) is 0 Å². The number of halogens is 2. The molecule has 1 N–H and O–H groups in total.